The average molecular weight is 551 g/mol. The molecule has 2 saturated heterocycles. The third-order valence-electron chi connectivity index (χ3n) is 8.18. The van der Waals surface area contributed by atoms with Crippen molar-refractivity contribution in [1.82, 2.24) is 9.80 Å². The van der Waals surface area contributed by atoms with Crippen molar-refractivity contribution in [2.24, 2.45) is 5.92 Å². The van der Waals surface area contributed by atoms with Crippen molar-refractivity contribution in [2.45, 2.75) is 57.1 Å². The topological polar surface area (TPSA) is 106 Å². The summed E-state index contributed by atoms with van der Waals surface area (Å²) in [5, 5.41) is 10.5. The monoisotopic (exact) mass is 550 g/mol. The second-order valence-electron chi connectivity index (χ2n) is 11.9. The Morgan fingerprint density at radius 1 is 1.02 bits per heavy atom. The van der Waals surface area contributed by atoms with Gasteiger partial charge in [0.05, 0.1) is 6.61 Å². The molecule has 1 atom stereocenters. The van der Waals surface area contributed by atoms with Crippen LogP contribution in [0.5, 0.6) is 0 Å². The van der Waals surface area contributed by atoms with Gasteiger partial charge >= 0.3 is 18.2 Å². The Balaban J connectivity index is 1.36. The van der Waals surface area contributed by atoms with E-state index < -0.39 is 29.3 Å². The normalized spacial score (nSPS) is 20.0. The molecule has 9 heteroatoms. The zero-order chi connectivity index (χ0) is 28.5. The zero-order valence-electron chi connectivity index (χ0n) is 23.4. The Hall–Kier alpha value is -3.59. The molecule has 0 aromatic heterocycles. The number of carbonyl (C=O) groups excluding carboxylic acids is 2. The number of amides is 2. The first kappa shape index (κ1) is 28.0. The van der Waals surface area contributed by atoms with Gasteiger partial charge in [-0.15, -0.1) is 0 Å². The van der Waals surface area contributed by atoms with E-state index in [1.807, 2.05) is 36.4 Å². The number of benzene rings is 2. The summed E-state index contributed by atoms with van der Waals surface area (Å²) in [6.45, 7) is 7.06. The molecule has 214 valence electrons. The lowest BCUT2D eigenvalue weighted by Gasteiger charge is -2.45. The molecule has 0 saturated carbocycles. The summed E-state index contributed by atoms with van der Waals surface area (Å²) in [5.74, 6) is -1.22. The van der Waals surface area contributed by atoms with Crippen LogP contribution in [0, 0.1) is 5.92 Å². The Morgan fingerprint density at radius 2 is 1.62 bits per heavy atom. The lowest BCUT2D eigenvalue weighted by molar-refractivity contribution is -0.154. The standard InChI is InChI=1S/C31H38N2O7/c1-30(2,3)40-28(36)32-15-13-31(14-16-32,27(34)35)33(18-21-12-17-38-19-21)29(37)39-20-26-24-10-6-4-8-22(24)23-9-5-7-11-25(23)26/h4-11,21,26H,12-20H2,1-3H3,(H,34,35). The van der Waals surface area contributed by atoms with Crippen LogP contribution < -0.4 is 0 Å². The number of hydrogen-bond acceptors (Lipinski definition) is 6. The summed E-state index contributed by atoms with van der Waals surface area (Å²) in [5.41, 5.74) is 2.26. The quantitative estimate of drug-likeness (QED) is 0.532. The molecule has 5 rings (SSSR count). The van der Waals surface area contributed by atoms with Crippen LogP contribution >= 0.6 is 0 Å². The number of piperidine rings is 1. The number of likely N-dealkylation sites (tertiary alicyclic amines) is 1. The fourth-order valence-electron chi connectivity index (χ4n) is 6.07. The summed E-state index contributed by atoms with van der Waals surface area (Å²) in [4.78, 5) is 42.3. The van der Waals surface area contributed by atoms with Crippen LogP contribution in [-0.2, 0) is 19.0 Å². The summed E-state index contributed by atoms with van der Waals surface area (Å²) in [6.07, 6.45) is -0.226. The number of fused-ring (bicyclic) bond motifs is 3. The Morgan fingerprint density at radius 3 is 2.15 bits per heavy atom. The molecule has 2 aromatic rings. The smallest absolute Gasteiger partial charge is 0.410 e. The largest absolute Gasteiger partial charge is 0.479 e. The molecule has 2 amide bonds. The van der Waals surface area contributed by atoms with Gasteiger partial charge in [-0.1, -0.05) is 48.5 Å². The van der Waals surface area contributed by atoms with Crippen LogP contribution in [0.3, 0.4) is 0 Å². The van der Waals surface area contributed by atoms with Gasteiger partial charge in [0.1, 0.15) is 17.7 Å². The highest BCUT2D eigenvalue weighted by molar-refractivity contribution is 5.85. The molecule has 2 aliphatic heterocycles. The van der Waals surface area contributed by atoms with Gasteiger partial charge in [-0.25, -0.2) is 14.4 Å². The van der Waals surface area contributed by atoms with Crippen molar-refractivity contribution in [3.8, 4) is 11.1 Å². The summed E-state index contributed by atoms with van der Waals surface area (Å²) < 4.78 is 17.0. The molecule has 1 unspecified atom stereocenters. The number of ether oxygens (including phenoxy) is 3. The number of aliphatic carboxylic acids is 1. The lowest BCUT2D eigenvalue weighted by atomic mass is 9.85. The number of carboxylic acids is 1. The first-order valence-electron chi connectivity index (χ1n) is 14.0. The second-order valence-corrected chi connectivity index (χ2v) is 11.9. The lowest BCUT2D eigenvalue weighted by Crippen LogP contribution is -2.63. The highest BCUT2D eigenvalue weighted by Crippen LogP contribution is 2.44. The summed E-state index contributed by atoms with van der Waals surface area (Å²) >= 11 is 0. The molecule has 0 bridgehead atoms. The van der Waals surface area contributed by atoms with E-state index in [2.05, 4.69) is 12.1 Å². The maximum atomic E-state index is 13.8. The minimum Gasteiger partial charge on any atom is -0.479 e. The minimum absolute atomic E-state index is 0.0144. The van der Waals surface area contributed by atoms with Crippen molar-refractivity contribution in [3.05, 3.63) is 59.7 Å². The van der Waals surface area contributed by atoms with E-state index in [0.29, 0.717) is 13.2 Å². The molecule has 0 spiro atoms. The molecule has 3 aliphatic rings. The molecular weight excluding hydrogens is 512 g/mol. The Bertz CT molecular complexity index is 1210. The number of carbonyl (C=O) groups is 3. The predicted octanol–water partition coefficient (Wildman–Crippen LogP) is 5.13. The first-order valence-corrected chi connectivity index (χ1v) is 14.0. The zero-order valence-corrected chi connectivity index (χ0v) is 23.4. The Labute approximate surface area is 235 Å². The van der Waals surface area contributed by atoms with Crippen LogP contribution in [0.25, 0.3) is 11.1 Å². The first-order chi connectivity index (χ1) is 19.1. The molecule has 1 N–H and O–H groups in total. The fraction of sp³-hybridized carbons (Fsp3) is 0.516. The highest BCUT2D eigenvalue weighted by atomic mass is 16.6. The van der Waals surface area contributed by atoms with Gasteiger partial charge in [-0.2, -0.15) is 0 Å². The average Bonchev–Trinajstić information content (AvgIpc) is 3.55. The van der Waals surface area contributed by atoms with E-state index in [1.165, 1.54) is 9.80 Å². The van der Waals surface area contributed by atoms with E-state index in [-0.39, 0.29) is 50.9 Å². The van der Waals surface area contributed by atoms with Crippen molar-refractivity contribution in [3.63, 3.8) is 0 Å². The molecule has 1 aliphatic carbocycles. The van der Waals surface area contributed by atoms with E-state index >= 15 is 0 Å². The van der Waals surface area contributed by atoms with Crippen molar-refractivity contribution < 1.29 is 33.7 Å². The summed E-state index contributed by atoms with van der Waals surface area (Å²) in [7, 11) is 0. The van der Waals surface area contributed by atoms with Crippen LogP contribution in [-0.4, -0.2) is 83.7 Å². The van der Waals surface area contributed by atoms with Crippen LogP contribution in [0.15, 0.2) is 48.5 Å². The van der Waals surface area contributed by atoms with E-state index in [9.17, 15) is 19.5 Å². The van der Waals surface area contributed by atoms with Gasteiger partial charge in [-0.3, -0.25) is 4.90 Å². The molecule has 2 fully saturated rings. The van der Waals surface area contributed by atoms with Crippen LogP contribution in [0.2, 0.25) is 0 Å². The Kier molecular flexibility index (Phi) is 7.77. The number of nitrogens with zero attached hydrogens (tertiary/aromatic N) is 2. The second kappa shape index (κ2) is 11.1. The number of rotatable bonds is 6. The van der Waals surface area contributed by atoms with Gasteiger partial charge in [-0.05, 0) is 62.3 Å². The third kappa shape index (κ3) is 5.52. The van der Waals surface area contributed by atoms with Gasteiger partial charge < -0.3 is 24.2 Å². The maximum Gasteiger partial charge on any atom is 0.410 e. The van der Waals surface area contributed by atoms with Crippen molar-refractivity contribution >= 4 is 18.2 Å². The third-order valence-corrected chi connectivity index (χ3v) is 8.18. The van der Waals surface area contributed by atoms with Gasteiger partial charge in [0.15, 0.2) is 0 Å². The minimum atomic E-state index is -1.50. The van der Waals surface area contributed by atoms with Crippen LogP contribution in [0.1, 0.15) is 57.1 Å². The van der Waals surface area contributed by atoms with Crippen LogP contribution in [0.4, 0.5) is 9.59 Å². The van der Waals surface area contributed by atoms with Gasteiger partial charge in [0, 0.05) is 38.1 Å². The molecular formula is C31H38N2O7. The predicted molar refractivity (Wildman–Crippen MR) is 148 cm³/mol. The maximum absolute atomic E-state index is 13.8. The van der Waals surface area contributed by atoms with Gasteiger partial charge in [0.25, 0.3) is 0 Å². The molecule has 2 aromatic carbocycles. The van der Waals surface area contributed by atoms with E-state index in [4.69, 9.17) is 14.2 Å². The molecule has 0 radical (unpaired) electrons. The van der Waals surface area contributed by atoms with E-state index in [0.717, 1.165) is 28.7 Å². The fourth-order valence-corrected chi connectivity index (χ4v) is 6.07. The SMILES string of the molecule is CC(C)(C)OC(=O)N1CCC(C(=O)O)(N(CC2CCOC2)C(=O)OCC2c3ccccc3-c3ccccc32)CC1. The van der Waals surface area contributed by atoms with Crippen molar-refractivity contribution in [2.75, 3.05) is 39.5 Å². The summed E-state index contributed by atoms with van der Waals surface area (Å²) in [6, 6.07) is 16.2. The molecule has 9 nitrogen and oxygen atoms in total. The van der Waals surface area contributed by atoms with Crippen molar-refractivity contribution in [1.29, 1.82) is 0 Å². The molecule has 2 heterocycles. The molecule has 40 heavy (non-hydrogen) atoms. The highest BCUT2D eigenvalue weighted by Gasteiger charge is 2.51. The van der Waals surface area contributed by atoms with Gasteiger partial charge in [0.2, 0.25) is 0 Å². The number of carboxylic acid groups (broad SMARTS) is 1. The number of hydrogen-bond donors (Lipinski definition) is 1. The van der Waals surface area contributed by atoms with E-state index in [1.54, 1.807) is 20.8 Å².